The van der Waals surface area contributed by atoms with E-state index in [9.17, 15) is 10.1 Å². The maximum absolute atomic E-state index is 11.0. The average Bonchev–Trinajstić information content (AvgIpc) is 2.46. The van der Waals surface area contributed by atoms with Gasteiger partial charge in [-0.05, 0) is 24.3 Å². The molecule has 7 heteroatoms. The first-order chi connectivity index (χ1) is 9.61. The normalized spacial score (nSPS) is 10.1. The fraction of sp³-hybridized carbons (Fsp3) is 0.154. The first kappa shape index (κ1) is 14.3. The lowest BCUT2D eigenvalue weighted by molar-refractivity contribution is -0.385. The summed E-state index contributed by atoms with van der Waals surface area (Å²) in [4.78, 5) is 14.7. The first-order valence-corrected chi connectivity index (χ1v) is 6.57. The van der Waals surface area contributed by atoms with Crippen LogP contribution in [0.1, 0.15) is 5.56 Å². The Morgan fingerprint density at radius 3 is 2.95 bits per heavy atom. The van der Waals surface area contributed by atoms with Gasteiger partial charge >= 0.3 is 0 Å². The van der Waals surface area contributed by atoms with Gasteiger partial charge in [0.2, 0.25) is 5.88 Å². The molecule has 0 atom stereocenters. The lowest BCUT2D eigenvalue weighted by Crippen LogP contribution is -2.05. The fourth-order valence-corrected chi connectivity index (χ4v) is 2.08. The van der Waals surface area contributed by atoms with E-state index >= 15 is 0 Å². The molecule has 20 heavy (non-hydrogen) atoms. The molecular weight excluding hydrogens is 326 g/mol. The predicted molar refractivity (Wildman–Crippen MR) is 78.9 cm³/mol. The third kappa shape index (κ3) is 3.24. The van der Waals surface area contributed by atoms with Crippen LogP contribution in [0.15, 0.2) is 41.0 Å². The Kier molecular flexibility index (Phi) is 4.52. The number of nitro benzene ring substituents is 1. The minimum absolute atomic E-state index is 0.0646. The van der Waals surface area contributed by atoms with Crippen LogP contribution in [-0.4, -0.2) is 17.0 Å². The lowest BCUT2D eigenvalue weighted by atomic mass is 10.2. The average molecular weight is 338 g/mol. The molecule has 0 aliphatic carbocycles. The van der Waals surface area contributed by atoms with Crippen LogP contribution in [0.4, 0.5) is 11.4 Å². The summed E-state index contributed by atoms with van der Waals surface area (Å²) < 4.78 is 5.79. The number of anilines is 1. The molecule has 1 aromatic heterocycles. The third-order valence-electron chi connectivity index (χ3n) is 2.68. The van der Waals surface area contributed by atoms with Gasteiger partial charge in [-0.3, -0.25) is 10.1 Å². The molecule has 0 bridgehead atoms. The van der Waals surface area contributed by atoms with Crippen molar-refractivity contribution >= 4 is 27.3 Å². The van der Waals surface area contributed by atoms with Crippen molar-refractivity contribution in [2.75, 3.05) is 12.4 Å². The van der Waals surface area contributed by atoms with E-state index in [2.05, 4.69) is 26.2 Å². The molecule has 1 aromatic carbocycles. The minimum atomic E-state index is -0.401. The molecule has 0 fully saturated rings. The summed E-state index contributed by atoms with van der Waals surface area (Å²) in [5, 5.41) is 14.1. The van der Waals surface area contributed by atoms with Crippen molar-refractivity contribution in [3.63, 3.8) is 0 Å². The summed E-state index contributed by atoms with van der Waals surface area (Å²) in [6, 6.07) is 8.53. The minimum Gasteiger partial charge on any atom is -0.480 e. The van der Waals surface area contributed by atoms with Gasteiger partial charge in [-0.15, -0.1) is 0 Å². The Bertz CT molecular complexity index is 634. The fourth-order valence-electron chi connectivity index (χ4n) is 1.73. The Balaban J connectivity index is 2.21. The van der Waals surface area contributed by atoms with Gasteiger partial charge in [0.25, 0.3) is 5.69 Å². The van der Waals surface area contributed by atoms with Crippen LogP contribution in [0.5, 0.6) is 5.88 Å². The number of pyridine rings is 1. The predicted octanol–water partition coefficient (Wildman–Crippen LogP) is 3.37. The molecule has 6 nitrogen and oxygen atoms in total. The standard InChI is InChI=1S/C13H12BrN3O3/c1-20-13-11(3-2-6-15-13)16-8-9-4-5-10(14)7-12(9)17(18)19/h2-7,16H,8H2,1H3. The lowest BCUT2D eigenvalue weighted by Gasteiger charge is -2.10. The second-order valence-electron chi connectivity index (χ2n) is 3.94. The molecular formula is C13H12BrN3O3. The Morgan fingerprint density at radius 2 is 2.25 bits per heavy atom. The van der Waals surface area contributed by atoms with E-state index in [-0.39, 0.29) is 5.69 Å². The van der Waals surface area contributed by atoms with E-state index in [0.717, 1.165) is 0 Å². The molecule has 1 N–H and O–H groups in total. The first-order valence-electron chi connectivity index (χ1n) is 5.77. The summed E-state index contributed by atoms with van der Waals surface area (Å²) in [5.74, 6) is 0.451. The van der Waals surface area contributed by atoms with Crippen molar-refractivity contribution in [2.24, 2.45) is 0 Å². The number of nitrogens with one attached hydrogen (secondary N) is 1. The van der Waals surface area contributed by atoms with Gasteiger partial charge in [-0.1, -0.05) is 15.9 Å². The molecule has 0 saturated heterocycles. The van der Waals surface area contributed by atoms with E-state index in [1.165, 1.54) is 13.2 Å². The molecule has 104 valence electrons. The summed E-state index contributed by atoms with van der Waals surface area (Å²) in [6.07, 6.45) is 1.62. The number of hydrogen-bond donors (Lipinski definition) is 1. The second-order valence-corrected chi connectivity index (χ2v) is 4.86. The smallest absolute Gasteiger partial charge is 0.275 e. The number of benzene rings is 1. The maximum Gasteiger partial charge on any atom is 0.275 e. The molecule has 0 unspecified atom stereocenters. The number of rotatable bonds is 5. The van der Waals surface area contributed by atoms with Crippen molar-refractivity contribution in [3.05, 3.63) is 56.7 Å². The molecule has 1 heterocycles. The Morgan fingerprint density at radius 1 is 1.45 bits per heavy atom. The van der Waals surface area contributed by atoms with E-state index in [0.29, 0.717) is 28.1 Å². The monoisotopic (exact) mass is 337 g/mol. The van der Waals surface area contributed by atoms with Gasteiger partial charge in [0, 0.05) is 28.8 Å². The zero-order chi connectivity index (χ0) is 14.5. The number of nitrogens with zero attached hydrogens (tertiary/aromatic N) is 2. The number of nitro groups is 1. The van der Waals surface area contributed by atoms with E-state index in [1.54, 1.807) is 30.5 Å². The third-order valence-corrected chi connectivity index (χ3v) is 3.17. The summed E-state index contributed by atoms with van der Waals surface area (Å²) >= 11 is 3.23. The topological polar surface area (TPSA) is 77.3 Å². The Hall–Kier alpha value is -2.15. The highest BCUT2D eigenvalue weighted by Gasteiger charge is 2.14. The zero-order valence-electron chi connectivity index (χ0n) is 10.7. The van der Waals surface area contributed by atoms with Crippen LogP contribution in [0.2, 0.25) is 0 Å². The highest BCUT2D eigenvalue weighted by Crippen LogP contribution is 2.26. The van der Waals surface area contributed by atoms with E-state index in [4.69, 9.17) is 4.74 Å². The quantitative estimate of drug-likeness (QED) is 0.668. The number of hydrogen-bond acceptors (Lipinski definition) is 5. The van der Waals surface area contributed by atoms with Crippen LogP contribution in [0, 0.1) is 10.1 Å². The molecule has 0 aliphatic rings. The molecule has 0 aliphatic heterocycles. The molecule has 0 radical (unpaired) electrons. The summed E-state index contributed by atoms with van der Waals surface area (Å²) in [6.45, 7) is 0.311. The van der Waals surface area contributed by atoms with Crippen LogP contribution < -0.4 is 10.1 Å². The SMILES string of the molecule is COc1ncccc1NCc1ccc(Br)cc1[N+](=O)[O-]. The van der Waals surface area contributed by atoms with Crippen LogP contribution in [-0.2, 0) is 6.54 Å². The van der Waals surface area contributed by atoms with Crippen LogP contribution in [0.3, 0.4) is 0 Å². The van der Waals surface area contributed by atoms with Crippen LogP contribution >= 0.6 is 15.9 Å². The van der Waals surface area contributed by atoms with Crippen LogP contribution in [0.25, 0.3) is 0 Å². The molecule has 0 spiro atoms. The number of ether oxygens (including phenoxy) is 1. The van der Waals surface area contributed by atoms with Gasteiger partial charge in [0.05, 0.1) is 17.7 Å². The van der Waals surface area contributed by atoms with Gasteiger partial charge < -0.3 is 10.1 Å². The summed E-state index contributed by atoms with van der Waals surface area (Å²) in [7, 11) is 1.52. The largest absolute Gasteiger partial charge is 0.480 e. The number of halogens is 1. The Labute approximate surface area is 124 Å². The highest BCUT2D eigenvalue weighted by atomic mass is 79.9. The van der Waals surface area contributed by atoms with Gasteiger partial charge in [0.15, 0.2) is 0 Å². The summed E-state index contributed by atoms with van der Waals surface area (Å²) in [5.41, 5.74) is 1.34. The highest BCUT2D eigenvalue weighted by molar-refractivity contribution is 9.10. The van der Waals surface area contributed by atoms with Gasteiger partial charge in [-0.25, -0.2) is 4.98 Å². The zero-order valence-corrected chi connectivity index (χ0v) is 12.3. The second kappa shape index (κ2) is 6.33. The number of aromatic nitrogens is 1. The van der Waals surface area contributed by atoms with Crippen molar-refractivity contribution in [3.8, 4) is 5.88 Å². The number of methoxy groups -OCH3 is 1. The van der Waals surface area contributed by atoms with Crippen molar-refractivity contribution in [1.82, 2.24) is 4.98 Å². The molecule has 0 saturated carbocycles. The molecule has 0 amide bonds. The maximum atomic E-state index is 11.0. The van der Waals surface area contributed by atoms with Crippen molar-refractivity contribution in [1.29, 1.82) is 0 Å². The van der Waals surface area contributed by atoms with E-state index in [1.807, 2.05) is 0 Å². The van der Waals surface area contributed by atoms with Crippen molar-refractivity contribution in [2.45, 2.75) is 6.54 Å². The van der Waals surface area contributed by atoms with E-state index < -0.39 is 4.92 Å². The van der Waals surface area contributed by atoms with Gasteiger partial charge in [-0.2, -0.15) is 0 Å². The molecule has 2 aromatic rings. The molecule has 2 rings (SSSR count). The van der Waals surface area contributed by atoms with Gasteiger partial charge in [0.1, 0.15) is 0 Å². The van der Waals surface area contributed by atoms with Crippen molar-refractivity contribution < 1.29 is 9.66 Å².